The second kappa shape index (κ2) is 6.78. The molecule has 1 saturated carbocycles. The van der Waals surface area contributed by atoms with Crippen molar-refractivity contribution in [3.8, 4) is 11.5 Å². The van der Waals surface area contributed by atoms with E-state index in [2.05, 4.69) is 9.97 Å². The molecule has 2 saturated heterocycles. The number of allylic oxidation sites excluding steroid dienone is 2. The topological polar surface area (TPSA) is 119 Å². The number of aromatic amines is 2. The van der Waals surface area contributed by atoms with Crippen molar-refractivity contribution in [2.24, 2.45) is 5.92 Å². The Morgan fingerprint density at radius 3 is 2.63 bits per heavy atom. The Bertz CT molecular complexity index is 1490. The number of amides is 2. The first-order valence-corrected chi connectivity index (χ1v) is 11.9. The van der Waals surface area contributed by atoms with Gasteiger partial charge in [0.05, 0.1) is 12.8 Å². The number of carbonyl (C=O) groups excluding carboxylic acids is 3. The minimum Gasteiger partial charge on any atom is -0.504 e. The molecule has 3 aromatic rings. The molecule has 4 heterocycles. The van der Waals surface area contributed by atoms with Gasteiger partial charge in [-0.1, -0.05) is 0 Å². The van der Waals surface area contributed by atoms with E-state index in [4.69, 9.17) is 4.74 Å². The highest BCUT2D eigenvalue weighted by molar-refractivity contribution is 6.10. The molecule has 2 aromatic heterocycles. The SMILES string of the molecule is COc1cc2[nH]c(C(=O)N3C[C@H]4C[C@@]45C3=CC(=O)c3[nH]c(C(=O)N4CCCC4)cc35)cc2cc1O. The third-order valence-corrected chi connectivity index (χ3v) is 8.09. The number of H-pyrrole nitrogens is 2. The summed E-state index contributed by atoms with van der Waals surface area (Å²) in [5.41, 5.74) is 3.13. The first-order chi connectivity index (χ1) is 16.9. The number of likely N-dealkylation sites (tertiary alicyclic amines) is 2. The summed E-state index contributed by atoms with van der Waals surface area (Å²) < 4.78 is 5.17. The normalized spacial score (nSPS) is 24.3. The minimum atomic E-state index is -0.396. The molecular weight excluding hydrogens is 448 g/mol. The van der Waals surface area contributed by atoms with Gasteiger partial charge in [0.2, 0.25) is 5.78 Å². The van der Waals surface area contributed by atoms with Crippen molar-refractivity contribution < 1.29 is 24.2 Å². The number of hydrogen-bond donors (Lipinski definition) is 3. The number of benzene rings is 1. The summed E-state index contributed by atoms with van der Waals surface area (Å²) >= 11 is 0. The van der Waals surface area contributed by atoms with Crippen LogP contribution in [0.1, 0.15) is 56.3 Å². The summed E-state index contributed by atoms with van der Waals surface area (Å²) in [6.07, 6.45) is 4.42. The predicted molar refractivity (Wildman–Crippen MR) is 126 cm³/mol. The van der Waals surface area contributed by atoms with Gasteiger partial charge in [-0.05, 0) is 48.9 Å². The molecule has 1 aromatic carbocycles. The van der Waals surface area contributed by atoms with Gasteiger partial charge in [0.25, 0.3) is 11.8 Å². The fraction of sp³-hybridized carbons (Fsp3) is 0.346. The largest absolute Gasteiger partial charge is 0.504 e. The summed E-state index contributed by atoms with van der Waals surface area (Å²) in [6, 6.07) is 6.75. The Hall–Kier alpha value is -4.01. The van der Waals surface area contributed by atoms with E-state index in [1.54, 1.807) is 29.2 Å². The molecule has 2 aliphatic carbocycles. The lowest BCUT2D eigenvalue weighted by Crippen LogP contribution is -2.33. The highest BCUT2D eigenvalue weighted by atomic mass is 16.5. The predicted octanol–water partition coefficient (Wildman–Crippen LogP) is 2.94. The third-order valence-electron chi connectivity index (χ3n) is 8.09. The van der Waals surface area contributed by atoms with Crippen molar-refractivity contribution in [2.75, 3.05) is 26.7 Å². The maximum Gasteiger partial charge on any atom is 0.274 e. The van der Waals surface area contributed by atoms with Crippen LogP contribution in [0.2, 0.25) is 0 Å². The van der Waals surface area contributed by atoms with Gasteiger partial charge in [-0.25, -0.2) is 0 Å². The quantitative estimate of drug-likeness (QED) is 0.542. The van der Waals surface area contributed by atoms with E-state index in [0.29, 0.717) is 46.0 Å². The van der Waals surface area contributed by atoms with Crippen molar-refractivity contribution in [3.63, 3.8) is 0 Å². The fourth-order valence-corrected chi connectivity index (χ4v) is 6.27. The van der Waals surface area contributed by atoms with Crippen LogP contribution in [0, 0.1) is 5.92 Å². The highest BCUT2D eigenvalue weighted by Gasteiger charge is 2.68. The van der Waals surface area contributed by atoms with E-state index in [9.17, 15) is 19.5 Å². The second-order valence-electron chi connectivity index (χ2n) is 9.95. The van der Waals surface area contributed by atoms with E-state index in [-0.39, 0.29) is 29.3 Å². The molecule has 0 radical (unpaired) electrons. The molecule has 3 fully saturated rings. The monoisotopic (exact) mass is 472 g/mol. The van der Waals surface area contributed by atoms with Crippen LogP contribution in [-0.2, 0) is 5.41 Å². The lowest BCUT2D eigenvalue weighted by atomic mass is 9.85. The average Bonchev–Trinajstić information content (AvgIpc) is 3.40. The molecule has 2 atom stereocenters. The molecule has 9 heteroatoms. The molecule has 4 aliphatic rings. The van der Waals surface area contributed by atoms with E-state index >= 15 is 0 Å². The Labute approximate surface area is 200 Å². The number of aromatic nitrogens is 2. The van der Waals surface area contributed by atoms with Crippen LogP contribution >= 0.6 is 0 Å². The summed E-state index contributed by atoms with van der Waals surface area (Å²) in [5, 5.41) is 10.8. The number of rotatable bonds is 3. The van der Waals surface area contributed by atoms with Gasteiger partial charge in [-0.3, -0.25) is 14.4 Å². The number of ketones is 1. The zero-order valence-electron chi connectivity index (χ0n) is 19.2. The zero-order valence-corrected chi connectivity index (χ0v) is 19.2. The van der Waals surface area contributed by atoms with Crippen LogP contribution in [0.15, 0.2) is 36.0 Å². The van der Waals surface area contributed by atoms with Gasteiger partial charge in [0.1, 0.15) is 11.4 Å². The lowest BCUT2D eigenvalue weighted by Gasteiger charge is -2.27. The van der Waals surface area contributed by atoms with Crippen molar-refractivity contribution in [2.45, 2.75) is 24.7 Å². The maximum atomic E-state index is 13.6. The summed E-state index contributed by atoms with van der Waals surface area (Å²) in [5.74, 6) is 0.0281. The van der Waals surface area contributed by atoms with Gasteiger partial charge in [-0.15, -0.1) is 0 Å². The van der Waals surface area contributed by atoms with Gasteiger partial charge in [0.15, 0.2) is 11.5 Å². The molecular formula is C26H24N4O5. The number of fused-ring (bicyclic) bond motifs is 2. The van der Waals surface area contributed by atoms with Crippen molar-refractivity contribution in [1.29, 1.82) is 0 Å². The number of methoxy groups -OCH3 is 1. The number of nitrogens with zero attached hydrogens (tertiary/aromatic N) is 2. The first-order valence-electron chi connectivity index (χ1n) is 11.9. The number of carbonyl (C=O) groups is 3. The average molecular weight is 473 g/mol. The molecule has 0 unspecified atom stereocenters. The third kappa shape index (κ3) is 2.66. The number of phenolic OH excluding ortho intramolecular Hbond substituents is 1. The van der Waals surface area contributed by atoms with Gasteiger partial charge in [0, 0.05) is 53.8 Å². The van der Waals surface area contributed by atoms with E-state index in [0.717, 1.165) is 37.9 Å². The van der Waals surface area contributed by atoms with Crippen LogP contribution in [0.4, 0.5) is 0 Å². The number of aromatic hydroxyl groups is 1. The molecule has 0 bridgehead atoms. The van der Waals surface area contributed by atoms with Crippen molar-refractivity contribution in [3.05, 3.63) is 58.7 Å². The van der Waals surface area contributed by atoms with Crippen LogP contribution in [0.5, 0.6) is 11.5 Å². The maximum absolute atomic E-state index is 13.6. The molecule has 2 amide bonds. The number of nitrogens with one attached hydrogen (secondary N) is 2. The molecule has 178 valence electrons. The number of piperidine rings is 1. The minimum absolute atomic E-state index is 0.000719. The zero-order chi connectivity index (χ0) is 24.1. The highest BCUT2D eigenvalue weighted by Crippen LogP contribution is 2.66. The molecule has 35 heavy (non-hydrogen) atoms. The molecule has 2 aliphatic heterocycles. The van der Waals surface area contributed by atoms with Gasteiger partial charge in [-0.2, -0.15) is 0 Å². The number of phenols is 1. The van der Waals surface area contributed by atoms with Crippen LogP contribution in [-0.4, -0.2) is 69.2 Å². The van der Waals surface area contributed by atoms with Crippen molar-refractivity contribution in [1.82, 2.24) is 19.8 Å². The molecule has 7 rings (SSSR count). The number of hydrogen-bond acceptors (Lipinski definition) is 5. The summed E-state index contributed by atoms with van der Waals surface area (Å²) in [6.45, 7) is 2.00. The molecule has 1 spiro atoms. The van der Waals surface area contributed by atoms with Crippen LogP contribution < -0.4 is 4.74 Å². The van der Waals surface area contributed by atoms with Gasteiger partial charge >= 0.3 is 0 Å². The summed E-state index contributed by atoms with van der Waals surface area (Å²) in [4.78, 5) is 49.3. The lowest BCUT2D eigenvalue weighted by molar-refractivity contribution is 0.0785. The van der Waals surface area contributed by atoms with E-state index in [1.165, 1.54) is 7.11 Å². The molecule has 9 nitrogen and oxygen atoms in total. The smallest absolute Gasteiger partial charge is 0.274 e. The van der Waals surface area contributed by atoms with Crippen LogP contribution in [0.25, 0.3) is 10.9 Å². The second-order valence-corrected chi connectivity index (χ2v) is 9.95. The Morgan fingerprint density at radius 1 is 1.09 bits per heavy atom. The summed E-state index contributed by atoms with van der Waals surface area (Å²) in [7, 11) is 1.47. The molecule has 3 N–H and O–H groups in total. The van der Waals surface area contributed by atoms with Crippen molar-refractivity contribution >= 4 is 28.5 Å². The Kier molecular flexibility index (Phi) is 3.94. The van der Waals surface area contributed by atoms with Crippen LogP contribution in [0.3, 0.4) is 0 Å². The van der Waals surface area contributed by atoms with E-state index < -0.39 is 5.41 Å². The Morgan fingerprint density at radius 2 is 1.86 bits per heavy atom. The fourth-order valence-electron chi connectivity index (χ4n) is 6.27. The first kappa shape index (κ1) is 20.4. The number of ether oxygens (including phenoxy) is 1. The van der Waals surface area contributed by atoms with Gasteiger partial charge < -0.3 is 29.6 Å². The van der Waals surface area contributed by atoms with E-state index in [1.807, 2.05) is 11.0 Å². The Balaban J connectivity index is 1.23. The standard InChI is InChI=1S/C26H24N4O5/c1-35-21-9-16-13(7-19(21)31)6-17(27-16)25(34)30-12-14-11-26(14)15-8-18(24(33)29-4-2-3-5-29)28-23(15)20(32)10-22(26)30/h6-10,14,27-28,31H,2-5,11-12H2,1H3/t14-,26-/m1/s1.